The van der Waals surface area contributed by atoms with Gasteiger partial charge in [-0.15, -0.1) is 0 Å². The molecule has 1 saturated heterocycles. The normalized spacial score (nSPS) is 19.9. The van der Waals surface area contributed by atoms with Crippen molar-refractivity contribution in [3.8, 4) is 0 Å². The van der Waals surface area contributed by atoms with Gasteiger partial charge in [0.05, 0.1) is 6.33 Å². The van der Waals surface area contributed by atoms with Crippen molar-refractivity contribution in [1.82, 2.24) is 24.8 Å². The molecule has 33 heavy (non-hydrogen) atoms. The molecule has 172 valence electrons. The molecule has 3 aromatic rings. The molecule has 2 aromatic heterocycles. The minimum atomic E-state index is -0.883. The van der Waals surface area contributed by atoms with Gasteiger partial charge in [-0.2, -0.15) is 9.97 Å². The molecular weight excluding hydrogens is 567 g/mol. The molecule has 0 spiro atoms. The summed E-state index contributed by atoms with van der Waals surface area (Å²) in [6.07, 6.45) is -0.923. The van der Waals surface area contributed by atoms with E-state index in [1.54, 1.807) is 18.2 Å². The van der Waals surface area contributed by atoms with Crippen LogP contribution in [0.2, 0.25) is 5.28 Å². The number of carbonyl (C=O) groups excluding carboxylic acids is 3. The number of ether oxygens (including phenoxy) is 2. The lowest BCUT2D eigenvalue weighted by Gasteiger charge is -2.19. The van der Waals surface area contributed by atoms with E-state index in [2.05, 4.69) is 48.2 Å². The molecule has 1 aliphatic rings. The van der Waals surface area contributed by atoms with Crippen LogP contribution in [0.15, 0.2) is 30.6 Å². The van der Waals surface area contributed by atoms with Gasteiger partial charge in [-0.25, -0.2) is 4.98 Å². The fraction of sp³-hybridized carbons (Fsp3) is 0.300. The number of benzene rings is 1. The van der Waals surface area contributed by atoms with Crippen molar-refractivity contribution in [2.75, 3.05) is 12.4 Å². The highest BCUT2D eigenvalue weighted by molar-refractivity contribution is 14.1. The van der Waals surface area contributed by atoms with Gasteiger partial charge in [0, 0.05) is 29.5 Å². The maximum Gasteiger partial charge on any atom is 0.303 e. The van der Waals surface area contributed by atoms with Crippen molar-refractivity contribution in [2.45, 2.75) is 31.8 Å². The fourth-order valence-corrected chi connectivity index (χ4v) is 4.21. The van der Waals surface area contributed by atoms with E-state index >= 15 is 0 Å². The SMILES string of the molecule is CNC(=O)C1CC(OC(C)=O)C(n2cnc3c(NC(=O)c4cccc(I)c4)nc(Cl)nc32)O1. The number of anilines is 1. The van der Waals surface area contributed by atoms with Gasteiger partial charge in [-0.3, -0.25) is 19.0 Å². The summed E-state index contributed by atoms with van der Waals surface area (Å²) < 4.78 is 13.6. The second kappa shape index (κ2) is 9.57. The van der Waals surface area contributed by atoms with Crippen LogP contribution in [0.1, 0.15) is 29.9 Å². The van der Waals surface area contributed by atoms with Gasteiger partial charge in [-0.1, -0.05) is 6.07 Å². The van der Waals surface area contributed by atoms with Crippen LogP contribution in [0, 0.1) is 3.57 Å². The number of hydrogen-bond acceptors (Lipinski definition) is 8. The Morgan fingerprint density at radius 3 is 2.79 bits per heavy atom. The molecule has 1 aliphatic heterocycles. The Bertz CT molecular complexity index is 1250. The van der Waals surface area contributed by atoms with Crippen molar-refractivity contribution >= 4 is 69.0 Å². The van der Waals surface area contributed by atoms with E-state index in [0.29, 0.717) is 5.56 Å². The van der Waals surface area contributed by atoms with E-state index in [1.807, 2.05) is 6.07 Å². The molecule has 3 atom stereocenters. The number of nitrogens with one attached hydrogen (secondary N) is 2. The van der Waals surface area contributed by atoms with E-state index < -0.39 is 30.3 Å². The molecule has 3 unspecified atom stereocenters. The Morgan fingerprint density at radius 2 is 2.09 bits per heavy atom. The topological polar surface area (TPSA) is 137 Å². The van der Waals surface area contributed by atoms with Gasteiger partial charge >= 0.3 is 5.97 Å². The Hall–Kier alpha value is -2.84. The molecule has 1 fully saturated rings. The summed E-state index contributed by atoms with van der Waals surface area (Å²) in [5.74, 6) is -1.16. The first-order valence-electron chi connectivity index (χ1n) is 9.78. The van der Waals surface area contributed by atoms with Gasteiger partial charge in [0.15, 0.2) is 23.2 Å². The molecule has 3 heterocycles. The smallest absolute Gasteiger partial charge is 0.303 e. The highest BCUT2D eigenvalue weighted by Crippen LogP contribution is 2.34. The highest BCUT2D eigenvalue weighted by Gasteiger charge is 2.42. The number of hydrogen-bond donors (Lipinski definition) is 2. The molecule has 2 amide bonds. The molecule has 1 aromatic carbocycles. The van der Waals surface area contributed by atoms with Crippen LogP contribution < -0.4 is 10.6 Å². The second-order valence-corrected chi connectivity index (χ2v) is 8.73. The number of likely N-dealkylation sites (N-methyl/N-ethyl adjacent to an activating group) is 1. The lowest BCUT2D eigenvalue weighted by molar-refractivity contribution is -0.152. The predicted molar refractivity (Wildman–Crippen MR) is 126 cm³/mol. The van der Waals surface area contributed by atoms with Crippen molar-refractivity contribution in [2.24, 2.45) is 0 Å². The first-order valence-corrected chi connectivity index (χ1v) is 11.2. The van der Waals surface area contributed by atoms with E-state index in [1.165, 1.54) is 24.9 Å². The van der Waals surface area contributed by atoms with Crippen molar-refractivity contribution in [1.29, 1.82) is 0 Å². The van der Waals surface area contributed by atoms with Crippen molar-refractivity contribution < 1.29 is 23.9 Å². The number of nitrogens with zero attached hydrogens (tertiary/aromatic N) is 4. The zero-order valence-electron chi connectivity index (χ0n) is 17.4. The third-order valence-corrected chi connectivity index (χ3v) is 5.75. The number of aromatic nitrogens is 4. The number of amides is 2. The van der Waals surface area contributed by atoms with Gasteiger partial charge in [-0.05, 0) is 52.4 Å². The molecule has 2 N–H and O–H groups in total. The van der Waals surface area contributed by atoms with Crippen LogP contribution in [0.3, 0.4) is 0 Å². The van der Waals surface area contributed by atoms with Gasteiger partial charge in [0.1, 0.15) is 12.2 Å². The van der Waals surface area contributed by atoms with Crippen molar-refractivity contribution in [3.05, 3.63) is 45.0 Å². The molecule has 0 saturated carbocycles. The lowest BCUT2D eigenvalue weighted by Crippen LogP contribution is -2.31. The zero-order valence-corrected chi connectivity index (χ0v) is 20.3. The van der Waals surface area contributed by atoms with Crippen molar-refractivity contribution in [3.63, 3.8) is 0 Å². The largest absolute Gasteiger partial charge is 0.458 e. The Balaban J connectivity index is 1.70. The average molecular weight is 585 g/mol. The molecule has 13 heteroatoms. The number of halogens is 2. The van der Waals surface area contributed by atoms with E-state index in [4.69, 9.17) is 21.1 Å². The highest BCUT2D eigenvalue weighted by atomic mass is 127. The Kier molecular flexibility index (Phi) is 6.76. The molecule has 0 aliphatic carbocycles. The lowest BCUT2D eigenvalue weighted by atomic mass is 10.2. The maximum atomic E-state index is 12.7. The number of fused-ring (bicyclic) bond motifs is 1. The summed E-state index contributed by atoms with van der Waals surface area (Å²) in [4.78, 5) is 49.1. The Labute approximate surface area is 206 Å². The number of rotatable bonds is 5. The fourth-order valence-electron chi connectivity index (χ4n) is 3.51. The zero-order chi connectivity index (χ0) is 23.7. The third kappa shape index (κ3) is 4.91. The van der Waals surface area contributed by atoms with E-state index in [9.17, 15) is 14.4 Å². The summed E-state index contributed by atoms with van der Waals surface area (Å²) in [6.45, 7) is 1.27. The quantitative estimate of drug-likeness (QED) is 0.265. The summed E-state index contributed by atoms with van der Waals surface area (Å²) in [5.41, 5.74) is 0.936. The maximum absolute atomic E-state index is 12.7. The summed E-state index contributed by atoms with van der Waals surface area (Å²) in [7, 11) is 1.49. The van der Waals surface area contributed by atoms with Crippen LogP contribution in [0.5, 0.6) is 0 Å². The molecular formula is C20H18ClIN6O5. The third-order valence-electron chi connectivity index (χ3n) is 4.91. The monoisotopic (exact) mass is 584 g/mol. The number of carbonyl (C=O) groups is 3. The molecule has 4 rings (SSSR count). The first-order chi connectivity index (χ1) is 15.8. The standard InChI is InChI=1S/C20H18ClIN6O5/c1-9(29)32-13-7-12(18(31)23-2)33-19(13)28-8-24-14-15(26-20(21)27-16(14)28)25-17(30)10-4-3-5-11(22)6-10/h3-6,8,12-13,19H,7H2,1-2H3,(H,23,31)(H,25,26,27,30). The van der Waals surface area contributed by atoms with Crippen LogP contribution in [0.4, 0.5) is 5.82 Å². The molecule has 0 radical (unpaired) electrons. The van der Waals surface area contributed by atoms with Crippen LogP contribution in [-0.4, -0.2) is 56.6 Å². The van der Waals surface area contributed by atoms with Crippen LogP contribution in [0.25, 0.3) is 11.2 Å². The van der Waals surface area contributed by atoms with E-state index in [-0.39, 0.29) is 34.6 Å². The van der Waals surface area contributed by atoms with Gasteiger partial charge in [0.25, 0.3) is 5.91 Å². The number of esters is 1. The van der Waals surface area contributed by atoms with Crippen LogP contribution in [-0.2, 0) is 19.1 Å². The first kappa shape index (κ1) is 23.3. The Morgan fingerprint density at radius 1 is 1.30 bits per heavy atom. The molecule has 11 nitrogen and oxygen atoms in total. The predicted octanol–water partition coefficient (Wildman–Crippen LogP) is 2.30. The van der Waals surface area contributed by atoms with Gasteiger partial charge in [0.2, 0.25) is 11.2 Å². The van der Waals surface area contributed by atoms with Crippen LogP contribution >= 0.6 is 34.2 Å². The minimum Gasteiger partial charge on any atom is -0.458 e. The summed E-state index contributed by atoms with van der Waals surface area (Å²) in [5, 5.41) is 5.10. The minimum absolute atomic E-state index is 0.109. The number of imidazole rings is 1. The van der Waals surface area contributed by atoms with Gasteiger partial charge < -0.3 is 20.1 Å². The average Bonchev–Trinajstić information content (AvgIpc) is 3.36. The summed E-state index contributed by atoms with van der Waals surface area (Å²) >= 11 is 8.24. The summed E-state index contributed by atoms with van der Waals surface area (Å²) in [6, 6.07) is 7.03. The molecule has 0 bridgehead atoms. The van der Waals surface area contributed by atoms with E-state index in [0.717, 1.165) is 3.57 Å². The second-order valence-electron chi connectivity index (χ2n) is 7.14.